The van der Waals surface area contributed by atoms with Crippen LogP contribution in [0.3, 0.4) is 0 Å². The van der Waals surface area contributed by atoms with Crippen molar-refractivity contribution in [2.75, 3.05) is 13.1 Å². The number of rotatable bonds is 6. The minimum Gasteiger partial charge on any atom is -0.337 e. The molecule has 0 radical (unpaired) electrons. The van der Waals surface area contributed by atoms with Gasteiger partial charge < -0.3 is 4.52 Å². The van der Waals surface area contributed by atoms with Gasteiger partial charge in [-0.05, 0) is 32.5 Å². The molecular formula is C17H20F3N3O. The van der Waals surface area contributed by atoms with Gasteiger partial charge in [0.25, 0.3) is 0 Å². The van der Waals surface area contributed by atoms with Gasteiger partial charge in [0.15, 0.2) is 0 Å². The Morgan fingerprint density at radius 3 is 2.67 bits per heavy atom. The van der Waals surface area contributed by atoms with Gasteiger partial charge in [-0.1, -0.05) is 36.4 Å². The summed E-state index contributed by atoms with van der Waals surface area (Å²) in [4.78, 5) is 6.35. The van der Waals surface area contributed by atoms with Crippen LogP contribution in [-0.4, -0.2) is 28.1 Å². The SMILES string of the molecule is C=C(C)CN(CC)C(C)c1nc(-c2cccc(C(F)(F)F)c2)no1. The Bertz CT molecular complexity index is 709. The summed E-state index contributed by atoms with van der Waals surface area (Å²) in [5.74, 6) is 0.514. The zero-order valence-corrected chi connectivity index (χ0v) is 13.9. The Morgan fingerprint density at radius 1 is 1.38 bits per heavy atom. The van der Waals surface area contributed by atoms with Crippen LogP contribution < -0.4 is 0 Å². The summed E-state index contributed by atoms with van der Waals surface area (Å²) in [6.45, 7) is 11.2. The quantitative estimate of drug-likeness (QED) is 0.715. The molecule has 0 fully saturated rings. The molecule has 0 aliphatic rings. The van der Waals surface area contributed by atoms with Crippen LogP contribution >= 0.6 is 0 Å². The third kappa shape index (κ3) is 4.23. The van der Waals surface area contributed by atoms with Crippen molar-refractivity contribution >= 4 is 0 Å². The Hall–Kier alpha value is -2.15. The zero-order chi connectivity index (χ0) is 17.9. The fourth-order valence-corrected chi connectivity index (χ4v) is 2.38. The van der Waals surface area contributed by atoms with Crippen molar-refractivity contribution in [1.82, 2.24) is 15.0 Å². The van der Waals surface area contributed by atoms with E-state index in [1.165, 1.54) is 12.1 Å². The number of likely N-dealkylation sites (N-methyl/N-ethyl adjacent to an activating group) is 1. The van der Waals surface area contributed by atoms with Crippen LogP contribution in [0.15, 0.2) is 40.9 Å². The molecule has 0 aliphatic heterocycles. The molecule has 0 bridgehead atoms. The van der Waals surface area contributed by atoms with E-state index in [0.717, 1.165) is 24.3 Å². The van der Waals surface area contributed by atoms with Crippen LogP contribution in [0.2, 0.25) is 0 Å². The van der Waals surface area contributed by atoms with E-state index in [4.69, 9.17) is 4.52 Å². The van der Waals surface area contributed by atoms with E-state index >= 15 is 0 Å². The third-order valence-electron chi connectivity index (χ3n) is 3.67. The Morgan fingerprint density at radius 2 is 2.08 bits per heavy atom. The second-order valence-electron chi connectivity index (χ2n) is 5.73. The van der Waals surface area contributed by atoms with E-state index in [1.807, 2.05) is 20.8 Å². The van der Waals surface area contributed by atoms with Crippen LogP contribution in [-0.2, 0) is 6.18 Å². The molecule has 2 aromatic rings. The van der Waals surface area contributed by atoms with Crippen molar-refractivity contribution < 1.29 is 17.7 Å². The van der Waals surface area contributed by atoms with Crippen LogP contribution in [0, 0.1) is 0 Å². The highest BCUT2D eigenvalue weighted by Gasteiger charge is 2.31. The monoisotopic (exact) mass is 339 g/mol. The van der Waals surface area contributed by atoms with Crippen molar-refractivity contribution in [2.45, 2.75) is 33.0 Å². The van der Waals surface area contributed by atoms with Gasteiger partial charge in [-0.2, -0.15) is 18.2 Å². The fraction of sp³-hybridized carbons (Fsp3) is 0.412. The van der Waals surface area contributed by atoms with E-state index in [9.17, 15) is 13.2 Å². The van der Waals surface area contributed by atoms with E-state index in [-0.39, 0.29) is 17.4 Å². The van der Waals surface area contributed by atoms with E-state index in [2.05, 4.69) is 21.6 Å². The number of hydrogen-bond acceptors (Lipinski definition) is 4. The van der Waals surface area contributed by atoms with Crippen LogP contribution in [0.4, 0.5) is 13.2 Å². The maximum absolute atomic E-state index is 12.8. The summed E-state index contributed by atoms with van der Waals surface area (Å²) in [5, 5.41) is 3.82. The van der Waals surface area contributed by atoms with Crippen molar-refractivity contribution in [1.29, 1.82) is 0 Å². The second kappa shape index (κ2) is 7.17. The lowest BCUT2D eigenvalue weighted by molar-refractivity contribution is -0.137. The minimum atomic E-state index is -4.41. The first-order valence-electron chi connectivity index (χ1n) is 7.62. The van der Waals surface area contributed by atoms with Gasteiger partial charge in [-0.25, -0.2) is 0 Å². The average Bonchev–Trinajstić information content (AvgIpc) is 3.01. The van der Waals surface area contributed by atoms with Crippen LogP contribution in [0.25, 0.3) is 11.4 Å². The first kappa shape index (κ1) is 18.2. The molecule has 0 N–H and O–H groups in total. The number of alkyl halides is 3. The highest BCUT2D eigenvalue weighted by molar-refractivity contribution is 5.55. The smallest absolute Gasteiger partial charge is 0.337 e. The number of hydrogen-bond donors (Lipinski definition) is 0. The molecule has 2 rings (SSSR count). The van der Waals surface area contributed by atoms with E-state index in [1.54, 1.807) is 0 Å². The van der Waals surface area contributed by atoms with Crippen LogP contribution in [0.1, 0.15) is 38.3 Å². The third-order valence-corrected chi connectivity index (χ3v) is 3.67. The molecular weight excluding hydrogens is 319 g/mol. The molecule has 1 heterocycles. The average molecular weight is 339 g/mol. The summed E-state index contributed by atoms with van der Waals surface area (Å²) < 4.78 is 43.7. The predicted octanol–water partition coefficient (Wildman–Crippen LogP) is 4.71. The molecule has 1 aromatic heterocycles. The first-order valence-corrected chi connectivity index (χ1v) is 7.62. The lowest BCUT2D eigenvalue weighted by Gasteiger charge is -2.24. The number of benzene rings is 1. The molecule has 1 aromatic carbocycles. The molecule has 4 nitrogen and oxygen atoms in total. The molecule has 0 spiro atoms. The molecule has 0 amide bonds. The maximum Gasteiger partial charge on any atom is 0.416 e. The summed E-state index contributed by atoms with van der Waals surface area (Å²) in [5.41, 5.74) is 0.535. The zero-order valence-electron chi connectivity index (χ0n) is 13.9. The van der Waals surface area contributed by atoms with Gasteiger partial charge in [0.2, 0.25) is 11.7 Å². The Kier molecular flexibility index (Phi) is 5.43. The lowest BCUT2D eigenvalue weighted by Crippen LogP contribution is -2.28. The van der Waals surface area contributed by atoms with E-state index in [0.29, 0.717) is 12.4 Å². The van der Waals surface area contributed by atoms with E-state index < -0.39 is 11.7 Å². The van der Waals surface area contributed by atoms with Gasteiger partial charge in [0.05, 0.1) is 11.6 Å². The molecule has 0 saturated carbocycles. The van der Waals surface area contributed by atoms with Gasteiger partial charge in [-0.3, -0.25) is 4.90 Å². The number of halogens is 3. The number of nitrogens with zero attached hydrogens (tertiary/aromatic N) is 3. The number of aromatic nitrogens is 2. The Balaban J connectivity index is 2.26. The highest BCUT2D eigenvalue weighted by atomic mass is 19.4. The predicted molar refractivity (Wildman–Crippen MR) is 85.2 cm³/mol. The fourth-order valence-electron chi connectivity index (χ4n) is 2.38. The normalized spacial score (nSPS) is 13.3. The molecule has 130 valence electrons. The standard InChI is InChI=1S/C17H20F3N3O/c1-5-23(10-11(2)3)12(4)16-21-15(22-24-16)13-7-6-8-14(9-13)17(18,19)20/h6-9,12H,2,5,10H2,1,3-4H3. The lowest BCUT2D eigenvalue weighted by atomic mass is 10.1. The van der Waals surface area contributed by atoms with Crippen molar-refractivity contribution in [3.63, 3.8) is 0 Å². The highest BCUT2D eigenvalue weighted by Crippen LogP contribution is 2.32. The molecule has 7 heteroatoms. The van der Waals surface area contributed by atoms with Crippen molar-refractivity contribution in [2.24, 2.45) is 0 Å². The Labute approximate surface area is 139 Å². The molecule has 24 heavy (non-hydrogen) atoms. The van der Waals surface area contributed by atoms with Gasteiger partial charge >= 0.3 is 6.18 Å². The van der Waals surface area contributed by atoms with Gasteiger partial charge in [-0.15, -0.1) is 0 Å². The molecule has 0 aliphatic carbocycles. The summed E-state index contributed by atoms with van der Waals surface area (Å²) in [6, 6.07) is 4.74. The maximum atomic E-state index is 12.8. The van der Waals surface area contributed by atoms with Crippen LogP contribution in [0.5, 0.6) is 0 Å². The molecule has 1 unspecified atom stereocenters. The van der Waals surface area contributed by atoms with Crippen molar-refractivity contribution in [3.05, 3.63) is 47.9 Å². The first-order chi connectivity index (χ1) is 11.2. The summed E-state index contributed by atoms with van der Waals surface area (Å²) >= 11 is 0. The van der Waals surface area contributed by atoms with Crippen molar-refractivity contribution in [3.8, 4) is 11.4 Å². The topological polar surface area (TPSA) is 42.2 Å². The van der Waals surface area contributed by atoms with Gasteiger partial charge in [0.1, 0.15) is 0 Å². The van der Waals surface area contributed by atoms with Gasteiger partial charge in [0, 0.05) is 12.1 Å². The summed E-state index contributed by atoms with van der Waals surface area (Å²) in [6.07, 6.45) is -4.41. The minimum absolute atomic E-state index is 0.148. The molecule has 0 saturated heterocycles. The second-order valence-corrected chi connectivity index (χ2v) is 5.73. The molecule has 1 atom stereocenters. The largest absolute Gasteiger partial charge is 0.416 e. The summed E-state index contributed by atoms with van der Waals surface area (Å²) in [7, 11) is 0.